The van der Waals surface area contributed by atoms with Crippen molar-refractivity contribution in [2.24, 2.45) is 0 Å². The van der Waals surface area contributed by atoms with E-state index in [4.69, 9.17) is 4.74 Å². The Labute approximate surface area is 206 Å². The van der Waals surface area contributed by atoms with Crippen molar-refractivity contribution in [3.8, 4) is 0 Å². The van der Waals surface area contributed by atoms with Gasteiger partial charge in [-0.25, -0.2) is 32.0 Å². The summed E-state index contributed by atoms with van der Waals surface area (Å²) in [5.41, 5.74) is -1.51. The molecule has 1 aromatic carbocycles. The van der Waals surface area contributed by atoms with E-state index in [1.165, 1.54) is 0 Å². The third-order valence-electron chi connectivity index (χ3n) is 5.38. The molecular formula is C20H19F3N5O8P. The molecule has 1 aromatic heterocycles. The lowest BCUT2D eigenvalue weighted by molar-refractivity contribution is -0.114. The molecule has 2 aliphatic rings. The van der Waals surface area contributed by atoms with E-state index in [0.29, 0.717) is 15.6 Å². The molecule has 2 aromatic rings. The van der Waals surface area contributed by atoms with Crippen LogP contribution in [0.5, 0.6) is 0 Å². The van der Waals surface area contributed by atoms with Crippen LogP contribution in [0, 0.1) is 17.5 Å². The van der Waals surface area contributed by atoms with Crippen molar-refractivity contribution in [1.29, 1.82) is 0 Å². The number of ketones is 1. The van der Waals surface area contributed by atoms with Crippen molar-refractivity contribution in [3.63, 3.8) is 0 Å². The van der Waals surface area contributed by atoms with E-state index in [1.807, 2.05) is 5.32 Å². The highest BCUT2D eigenvalue weighted by Gasteiger charge is 2.42. The van der Waals surface area contributed by atoms with Crippen molar-refractivity contribution in [1.82, 2.24) is 10.5 Å². The second-order valence-electron chi connectivity index (χ2n) is 7.75. The number of halogens is 3. The van der Waals surface area contributed by atoms with Crippen molar-refractivity contribution in [2.45, 2.75) is 12.5 Å². The lowest BCUT2D eigenvalue weighted by Gasteiger charge is -2.27. The molecule has 198 valence electrons. The van der Waals surface area contributed by atoms with Crippen molar-refractivity contribution in [3.05, 3.63) is 48.1 Å². The summed E-state index contributed by atoms with van der Waals surface area (Å²) in [6, 6.07) is 1.76. The van der Waals surface area contributed by atoms with Crippen LogP contribution in [0.4, 0.5) is 40.0 Å². The summed E-state index contributed by atoms with van der Waals surface area (Å²) in [5, 5.41) is 5.52. The maximum atomic E-state index is 15.0. The molecule has 3 heterocycles. The summed E-state index contributed by atoms with van der Waals surface area (Å²) in [6.45, 7) is -1.18. The predicted molar refractivity (Wildman–Crippen MR) is 119 cm³/mol. The fourth-order valence-electron chi connectivity index (χ4n) is 3.66. The Bertz CT molecular complexity index is 1310. The average Bonchev–Trinajstić information content (AvgIpc) is 3.50. The first-order valence-corrected chi connectivity index (χ1v) is 12.1. The molecule has 1 fully saturated rings. The number of rotatable bonds is 7. The topological polar surface area (TPSA) is 155 Å². The second kappa shape index (κ2) is 10.1. The zero-order chi connectivity index (χ0) is 26.9. The quantitative estimate of drug-likeness (QED) is 0.390. The molecule has 0 aliphatic carbocycles. The summed E-state index contributed by atoms with van der Waals surface area (Å²) in [4.78, 5) is 47.3. The highest BCUT2D eigenvalue weighted by atomic mass is 31.2. The molecule has 2 atom stereocenters. The van der Waals surface area contributed by atoms with Gasteiger partial charge in [-0.15, -0.1) is 0 Å². The zero-order valence-electron chi connectivity index (χ0n) is 19.0. The lowest BCUT2D eigenvalue weighted by Crippen LogP contribution is -2.35. The number of nitrogens with zero attached hydrogens (tertiary/aromatic N) is 4. The van der Waals surface area contributed by atoms with Gasteiger partial charge in [-0.05, 0) is 6.08 Å². The van der Waals surface area contributed by atoms with Gasteiger partial charge in [0.15, 0.2) is 29.1 Å². The van der Waals surface area contributed by atoms with Gasteiger partial charge in [0.05, 0.1) is 18.8 Å². The van der Waals surface area contributed by atoms with Crippen LogP contribution in [0.25, 0.3) is 0 Å². The third-order valence-corrected chi connectivity index (χ3v) is 6.77. The number of carbonyl (C=O) groups excluding carboxylic acids is 3. The summed E-state index contributed by atoms with van der Waals surface area (Å²) < 4.78 is 72.3. The molecule has 2 aliphatic heterocycles. The molecule has 0 radical (unpaired) electrons. The van der Waals surface area contributed by atoms with Gasteiger partial charge in [0, 0.05) is 38.3 Å². The Kier molecular flexibility index (Phi) is 7.14. The van der Waals surface area contributed by atoms with Gasteiger partial charge in [0.2, 0.25) is 0 Å². The van der Waals surface area contributed by atoms with Gasteiger partial charge in [-0.1, -0.05) is 5.16 Å². The largest absolute Gasteiger partial charge is 0.491 e. The van der Waals surface area contributed by atoms with E-state index < -0.39 is 68.0 Å². The van der Waals surface area contributed by atoms with Crippen LogP contribution < -0.4 is 19.8 Å². The number of hydrogen-bond donors (Lipinski definition) is 2. The van der Waals surface area contributed by atoms with Crippen LogP contribution >= 0.6 is 7.75 Å². The number of ether oxygens (including phenoxy) is 1. The Morgan fingerprint density at radius 3 is 2.73 bits per heavy atom. The van der Waals surface area contributed by atoms with Crippen LogP contribution in [0.1, 0.15) is 6.42 Å². The smallest absolute Gasteiger partial charge is 0.442 e. The highest BCUT2D eigenvalue weighted by molar-refractivity contribution is 7.55. The number of hydrogen-bond acceptors (Lipinski definition) is 9. The van der Waals surface area contributed by atoms with E-state index in [1.54, 1.807) is 0 Å². The first-order valence-electron chi connectivity index (χ1n) is 10.6. The zero-order valence-corrected chi connectivity index (χ0v) is 19.9. The van der Waals surface area contributed by atoms with E-state index in [2.05, 4.69) is 14.2 Å². The Hall–Kier alpha value is -4.04. The number of benzene rings is 1. The van der Waals surface area contributed by atoms with E-state index in [9.17, 15) is 37.0 Å². The second-order valence-corrected chi connectivity index (χ2v) is 9.40. The fraction of sp³-hybridized carbons (Fsp3) is 0.300. The van der Waals surface area contributed by atoms with Gasteiger partial charge in [0.25, 0.3) is 0 Å². The van der Waals surface area contributed by atoms with Crippen molar-refractivity contribution >= 4 is 42.9 Å². The fourth-order valence-corrected chi connectivity index (χ4v) is 4.81. The molecule has 0 saturated carbocycles. The van der Waals surface area contributed by atoms with Crippen LogP contribution in [-0.4, -0.2) is 60.8 Å². The van der Waals surface area contributed by atoms with Crippen LogP contribution in [0.2, 0.25) is 0 Å². The number of cyclic esters (lactones) is 1. The van der Waals surface area contributed by atoms with Gasteiger partial charge < -0.3 is 24.0 Å². The minimum atomic E-state index is -4.92. The summed E-state index contributed by atoms with van der Waals surface area (Å²) in [5.74, 6) is -4.86. The number of amides is 2. The summed E-state index contributed by atoms with van der Waals surface area (Å²) >= 11 is 0. The van der Waals surface area contributed by atoms with Crippen LogP contribution in [0.3, 0.4) is 0 Å². The van der Waals surface area contributed by atoms with Crippen molar-refractivity contribution < 1.29 is 50.8 Å². The lowest BCUT2D eigenvalue weighted by atomic mass is 10.1. The summed E-state index contributed by atoms with van der Waals surface area (Å²) in [6.07, 6.45) is -0.447. The predicted octanol–water partition coefficient (Wildman–Crippen LogP) is 2.67. The Morgan fingerprint density at radius 2 is 2.11 bits per heavy atom. The number of anilines is 3. The first kappa shape index (κ1) is 26.0. The van der Waals surface area contributed by atoms with Gasteiger partial charge in [-0.2, -0.15) is 0 Å². The Balaban J connectivity index is 1.58. The molecule has 1 saturated heterocycles. The van der Waals surface area contributed by atoms with E-state index in [0.717, 1.165) is 36.6 Å². The van der Waals surface area contributed by atoms with Gasteiger partial charge >= 0.3 is 19.9 Å². The first-order chi connectivity index (χ1) is 17.5. The van der Waals surface area contributed by atoms with Crippen molar-refractivity contribution in [2.75, 3.05) is 41.2 Å². The molecule has 4 rings (SSSR count). The molecule has 1 unspecified atom stereocenters. The highest BCUT2D eigenvalue weighted by Crippen LogP contribution is 2.49. The standard InChI is InChI=1S/C20H19F3N5O8P/c1-24-19(30)36-37(32,33)28(15-4-7-34-25-15)10-12-9-27(20(31)35-12)14-8-13(21)18(17(23)16(14)22)26-5-2-11(29)3-6-26/h2,4-5,7-8,12H,3,6,9-10H2,1H3,(H,24,30)(H,32,33)/t12-/m1/s1. The summed E-state index contributed by atoms with van der Waals surface area (Å²) in [7, 11) is -3.77. The molecule has 17 heteroatoms. The Morgan fingerprint density at radius 1 is 1.35 bits per heavy atom. The monoisotopic (exact) mass is 545 g/mol. The molecule has 2 amide bonds. The maximum absolute atomic E-state index is 15.0. The van der Waals surface area contributed by atoms with Gasteiger partial charge in [-0.3, -0.25) is 14.6 Å². The number of carbonyl (C=O) groups is 3. The van der Waals surface area contributed by atoms with Gasteiger partial charge in [0.1, 0.15) is 18.1 Å². The molecule has 37 heavy (non-hydrogen) atoms. The van der Waals surface area contributed by atoms with Crippen LogP contribution in [-0.2, 0) is 18.6 Å². The molecular weight excluding hydrogens is 526 g/mol. The molecule has 13 nitrogen and oxygen atoms in total. The number of allylic oxidation sites excluding steroid dienone is 1. The molecule has 2 N–H and O–H groups in total. The molecule has 0 bridgehead atoms. The SMILES string of the molecule is CNC(=O)OP(=O)(O)N(C[C@H]1CN(c2cc(F)c(N3C=CC(=O)CC3)c(F)c2F)C(=O)O1)c1ccon1. The molecule has 0 spiro atoms. The minimum absolute atomic E-state index is 0.0285. The maximum Gasteiger partial charge on any atom is 0.491 e. The average molecular weight is 545 g/mol. The minimum Gasteiger partial charge on any atom is -0.442 e. The number of aromatic nitrogens is 1. The van der Waals surface area contributed by atoms with E-state index in [-0.39, 0.29) is 24.6 Å². The third kappa shape index (κ3) is 5.24. The normalized spacial score (nSPS) is 19.0. The number of nitrogens with one attached hydrogen (secondary N) is 1. The van der Waals surface area contributed by atoms with Crippen LogP contribution in [0.15, 0.2) is 35.2 Å². The van der Waals surface area contributed by atoms with E-state index >= 15 is 0 Å².